The average molecular weight is 316 g/mol. The van der Waals surface area contributed by atoms with Crippen molar-refractivity contribution in [3.63, 3.8) is 0 Å². The zero-order chi connectivity index (χ0) is 16.7. The lowest BCUT2D eigenvalue weighted by Gasteiger charge is -2.27. The highest BCUT2D eigenvalue weighted by molar-refractivity contribution is 5.97. The quantitative estimate of drug-likeness (QED) is 0.805. The Bertz CT molecular complexity index is 513. The molecular weight excluding hydrogens is 288 g/mol. The van der Waals surface area contributed by atoms with Gasteiger partial charge in [0.2, 0.25) is 0 Å². The molecule has 126 valence electrons. The van der Waals surface area contributed by atoms with Gasteiger partial charge in [-0.05, 0) is 56.4 Å². The second-order valence-corrected chi connectivity index (χ2v) is 6.22. The van der Waals surface area contributed by atoms with Crippen LogP contribution >= 0.6 is 0 Å². The maximum absolute atomic E-state index is 12.5. The molecule has 0 saturated carbocycles. The van der Waals surface area contributed by atoms with Gasteiger partial charge in [0.05, 0.1) is 0 Å². The summed E-state index contributed by atoms with van der Waals surface area (Å²) in [4.78, 5) is 28.8. The van der Waals surface area contributed by atoms with Gasteiger partial charge in [0, 0.05) is 37.3 Å². The van der Waals surface area contributed by atoms with E-state index in [9.17, 15) is 9.59 Å². The maximum Gasteiger partial charge on any atom is 0.253 e. The fraction of sp³-hybridized carbons (Fsp3) is 0.579. The molecule has 0 N–H and O–H groups in total. The van der Waals surface area contributed by atoms with Crippen LogP contribution in [0, 0.1) is 0 Å². The summed E-state index contributed by atoms with van der Waals surface area (Å²) in [5.74, 6) is 0.147. The second-order valence-electron chi connectivity index (χ2n) is 6.22. The van der Waals surface area contributed by atoms with Crippen LogP contribution in [0.15, 0.2) is 24.3 Å². The largest absolute Gasteiger partial charge is 0.339 e. The van der Waals surface area contributed by atoms with Crippen LogP contribution in [-0.2, 0) is 0 Å². The van der Waals surface area contributed by atoms with E-state index < -0.39 is 0 Å². The van der Waals surface area contributed by atoms with Gasteiger partial charge in [0.15, 0.2) is 0 Å². The monoisotopic (exact) mass is 316 g/mol. The van der Waals surface area contributed by atoms with Gasteiger partial charge in [-0.2, -0.15) is 0 Å². The van der Waals surface area contributed by atoms with Crippen LogP contribution in [0.25, 0.3) is 0 Å². The number of carbonyl (C=O) groups excluding carboxylic acids is 2. The van der Waals surface area contributed by atoms with E-state index in [0.29, 0.717) is 11.1 Å². The van der Waals surface area contributed by atoms with Crippen LogP contribution in [0.2, 0.25) is 0 Å². The molecular formula is C19H28N2O2. The highest BCUT2D eigenvalue weighted by atomic mass is 16.2. The van der Waals surface area contributed by atoms with E-state index in [4.69, 9.17) is 0 Å². The zero-order valence-electron chi connectivity index (χ0n) is 14.4. The Labute approximate surface area is 139 Å². The molecule has 1 aromatic rings. The van der Waals surface area contributed by atoms with Crippen molar-refractivity contribution < 1.29 is 9.59 Å². The van der Waals surface area contributed by atoms with Crippen molar-refractivity contribution in [3.8, 4) is 0 Å². The minimum absolute atomic E-state index is 0.0608. The third kappa shape index (κ3) is 4.57. The van der Waals surface area contributed by atoms with Gasteiger partial charge in [-0.3, -0.25) is 9.59 Å². The van der Waals surface area contributed by atoms with Crippen molar-refractivity contribution >= 4 is 11.8 Å². The molecule has 1 aromatic carbocycles. The predicted molar refractivity (Wildman–Crippen MR) is 92.7 cm³/mol. The molecule has 23 heavy (non-hydrogen) atoms. The molecule has 0 aromatic heterocycles. The van der Waals surface area contributed by atoms with Crippen LogP contribution in [0.3, 0.4) is 0 Å². The van der Waals surface area contributed by atoms with Gasteiger partial charge in [0.1, 0.15) is 0 Å². The molecule has 1 aliphatic rings. The normalized spacial score (nSPS) is 14.6. The Hall–Kier alpha value is -1.84. The Kier molecular flexibility index (Phi) is 6.63. The first-order chi connectivity index (χ1) is 11.2. The lowest BCUT2D eigenvalue weighted by atomic mass is 10.1. The molecule has 2 amide bonds. The highest BCUT2D eigenvalue weighted by Gasteiger charge is 2.19. The molecule has 0 unspecified atom stereocenters. The maximum atomic E-state index is 12.5. The van der Waals surface area contributed by atoms with E-state index in [1.165, 1.54) is 6.42 Å². The first-order valence-electron chi connectivity index (χ1n) is 8.86. The summed E-state index contributed by atoms with van der Waals surface area (Å²) in [6.45, 7) is 7.41. The number of hydrogen-bond acceptors (Lipinski definition) is 2. The van der Waals surface area contributed by atoms with Crippen molar-refractivity contribution in [3.05, 3.63) is 35.4 Å². The second kappa shape index (κ2) is 8.70. The zero-order valence-corrected chi connectivity index (χ0v) is 14.4. The Balaban J connectivity index is 2.05. The third-order valence-corrected chi connectivity index (χ3v) is 4.30. The number of amides is 2. The molecule has 0 atom stereocenters. The van der Waals surface area contributed by atoms with Crippen LogP contribution in [-0.4, -0.2) is 47.8 Å². The molecule has 1 saturated heterocycles. The van der Waals surface area contributed by atoms with E-state index in [-0.39, 0.29) is 11.8 Å². The minimum Gasteiger partial charge on any atom is -0.339 e. The number of piperidine rings is 1. The summed E-state index contributed by atoms with van der Waals surface area (Å²) in [5.41, 5.74) is 1.35. The lowest BCUT2D eigenvalue weighted by molar-refractivity contribution is 0.0720. The van der Waals surface area contributed by atoms with Gasteiger partial charge in [-0.1, -0.05) is 13.8 Å². The van der Waals surface area contributed by atoms with Gasteiger partial charge in [0.25, 0.3) is 11.8 Å². The number of nitrogens with zero attached hydrogens (tertiary/aromatic N) is 2. The summed E-state index contributed by atoms with van der Waals surface area (Å²) >= 11 is 0. The van der Waals surface area contributed by atoms with Crippen molar-refractivity contribution in [1.82, 2.24) is 9.80 Å². The number of carbonyl (C=O) groups is 2. The summed E-state index contributed by atoms with van der Waals surface area (Å²) in [5, 5.41) is 0. The lowest BCUT2D eigenvalue weighted by Crippen LogP contribution is -2.35. The Morgan fingerprint density at radius 3 is 1.96 bits per heavy atom. The van der Waals surface area contributed by atoms with Crippen molar-refractivity contribution in [2.45, 2.75) is 46.0 Å². The summed E-state index contributed by atoms with van der Waals surface area (Å²) < 4.78 is 0. The van der Waals surface area contributed by atoms with E-state index in [1.807, 2.05) is 9.80 Å². The fourth-order valence-corrected chi connectivity index (χ4v) is 3.07. The molecule has 0 spiro atoms. The molecule has 0 bridgehead atoms. The Morgan fingerprint density at radius 2 is 1.43 bits per heavy atom. The van der Waals surface area contributed by atoms with Crippen molar-refractivity contribution in [2.75, 3.05) is 26.2 Å². The minimum atomic E-state index is 0.0608. The summed E-state index contributed by atoms with van der Waals surface area (Å²) in [6, 6.07) is 7.16. The molecule has 0 aliphatic carbocycles. The number of likely N-dealkylation sites (tertiary alicyclic amines) is 1. The smallest absolute Gasteiger partial charge is 0.253 e. The number of rotatable bonds is 6. The van der Waals surface area contributed by atoms with Gasteiger partial charge < -0.3 is 9.80 Å². The number of hydrogen-bond donors (Lipinski definition) is 0. The molecule has 4 heteroatoms. The van der Waals surface area contributed by atoms with E-state index in [1.54, 1.807) is 24.3 Å². The molecule has 2 rings (SSSR count). The van der Waals surface area contributed by atoms with Crippen LogP contribution < -0.4 is 0 Å². The summed E-state index contributed by atoms with van der Waals surface area (Å²) in [7, 11) is 0. The number of benzene rings is 1. The topological polar surface area (TPSA) is 40.6 Å². The van der Waals surface area contributed by atoms with Crippen molar-refractivity contribution in [1.29, 1.82) is 0 Å². The van der Waals surface area contributed by atoms with Crippen LogP contribution in [0.5, 0.6) is 0 Å². The Morgan fingerprint density at radius 1 is 0.913 bits per heavy atom. The SMILES string of the molecule is CCCN(CCC)C(=O)c1ccc(C(=O)N2CCCCC2)cc1. The predicted octanol–water partition coefficient (Wildman–Crippen LogP) is 3.57. The molecule has 1 heterocycles. The molecule has 1 fully saturated rings. The first kappa shape index (κ1) is 17.5. The van der Waals surface area contributed by atoms with Crippen molar-refractivity contribution in [2.24, 2.45) is 0 Å². The average Bonchev–Trinajstić information content (AvgIpc) is 2.61. The molecule has 4 nitrogen and oxygen atoms in total. The summed E-state index contributed by atoms with van der Waals surface area (Å²) in [6.07, 6.45) is 5.30. The standard InChI is InChI=1S/C19H28N2O2/c1-3-12-20(13-4-2)18(22)16-8-10-17(11-9-16)19(23)21-14-6-5-7-15-21/h8-11H,3-7,12-15H2,1-2H3. The van der Waals surface area contributed by atoms with E-state index in [2.05, 4.69) is 13.8 Å². The van der Waals surface area contributed by atoms with E-state index in [0.717, 1.165) is 51.9 Å². The first-order valence-corrected chi connectivity index (χ1v) is 8.86. The highest BCUT2D eigenvalue weighted by Crippen LogP contribution is 2.15. The molecule has 0 radical (unpaired) electrons. The van der Waals surface area contributed by atoms with Gasteiger partial charge in [-0.15, -0.1) is 0 Å². The third-order valence-electron chi connectivity index (χ3n) is 4.30. The van der Waals surface area contributed by atoms with E-state index >= 15 is 0 Å². The van der Waals surface area contributed by atoms with Gasteiger partial charge >= 0.3 is 0 Å². The van der Waals surface area contributed by atoms with Crippen LogP contribution in [0.1, 0.15) is 66.7 Å². The van der Waals surface area contributed by atoms with Crippen LogP contribution in [0.4, 0.5) is 0 Å². The fourth-order valence-electron chi connectivity index (χ4n) is 3.07. The molecule has 1 aliphatic heterocycles. The van der Waals surface area contributed by atoms with Gasteiger partial charge in [-0.25, -0.2) is 0 Å².